The smallest absolute Gasteiger partial charge is 0.223 e. The number of halogens is 1. The maximum atomic E-state index is 13.1. The first-order valence-corrected chi connectivity index (χ1v) is 11.3. The second kappa shape index (κ2) is 8.11. The number of hydrogen-bond donors (Lipinski definition) is 0. The largest absolute Gasteiger partial charge is 0.361 e. The number of amides is 1. The third-order valence-corrected chi connectivity index (χ3v) is 7.00. The number of aryl methyl sites for hydroxylation is 2. The monoisotopic (exact) mass is 439 g/mol. The van der Waals surface area contributed by atoms with Crippen LogP contribution in [0.15, 0.2) is 28.9 Å². The summed E-state index contributed by atoms with van der Waals surface area (Å²) in [5.41, 5.74) is 3.57. The van der Waals surface area contributed by atoms with Crippen LogP contribution in [0.3, 0.4) is 0 Å². The van der Waals surface area contributed by atoms with Gasteiger partial charge in [-0.25, -0.2) is 4.98 Å². The highest BCUT2D eigenvalue weighted by Gasteiger charge is 2.40. The Morgan fingerprint density at radius 3 is 2.87 bits per heavy atom. The van der Waals surface area contributed by atoms with E-state index in [4.69, 9.17) is 21.1 Å². The molecule has 0 spiro atoms. The summed E-state index contributed by atoms with van der Waals surface area (Å²) in [4.78, 5) is 26.8. The maximum absolute atomic E-state index is 13.1. The van der Waals surface area contributed by atoms with E-state index in [0.29, 0.717) is 23.8 Å². The summed E-state index contributed by atoms with van der Waals surface area (Å²) in [6.45, 7) is 6.42. The lowest BCUT2D eigenvalue weighted by Gasteiger charge is -2.39. The number of nitrogens with zero attached hydrogens (tertiary/aromatic N) is 5. The number of carbonyl (C=O) groups is 1. The van der Waals surface area contributed by atoms with Gasteiger partial charge >= 0.3 is 0 Å². The molecule has 2 aromatic heterocycles. The van der Waals surface area contributed by atoms with Crippen LogP contribution in [-0.4, -0.2) is 51.6 Å². The lowest BCUT2D eigenvalue weighted by Crippen LogP contribution is -2.50. The molecule has 1 amide bonds. The van der Waals surface area contributed by atoms with Crippen LogP contribution in [0, 0.1) is 19.8 Å². The van der Waals surface area contributed by atoms with Crippen molar-refractivity contribution in [1.82, 2.24) is 20.0 Å². The van der Waals surface area contributed by atoms with Crippen LogP contribution in [-0.2, 0) is 11.2 Å². The Hall–Kier alpha value is -2.67. The Morgan fingerprint density at radius 2 is 2.06 bits per heavy atom. The number of anilines is 1. The van der Waals surface area contributed by atoms with Crippen molar-refractivity contribution in [2.24, 2.45) is 5.92 Å². The van der Waals surface area contributed by atoms with E-state index in [1.54, 1.807) is 0 Å². The van der Waals surface area contributed by atoms with E-state index in [9.17, 15) is 4.79 Å². The number of hydrogen-bond acceptors (Lipinski definition) is 6. The lowest BCUT2D eigenvalue weighted by atomic mass is 9.92. The maximum Gasteiger partial charge on any atom is 0.223 e. The molecule has 2 unspecified atom stereocenters. The zero-order valence-electron chi connectivity index (χ0n) is 17.8. The van der Waals surface area contributed by atoms with Gasteiger partial charge in [0.25, 0.3) is 0 Å². The second-order valence-corrected chi connectivity index (χ2v) is 9.04. The number of benzene rings is 1. The van der Waals surface area contributed by atoms with Crippen molar-refractivity contribution >= 4 is 34.4 Å². The number of carbonyl (C=O) groups excluding carboxylic acids is 1. The van der Waals surface area contributed by atoms with Crippen LogP contribution < -0.4 is 4.90 Å². The minimum absolute atomic E-state index is 0.216. The van der Waals surface area contributed by atoms with Gasteiger partial charge in [-0.05, 0) is 57.2 Å². The number of rotatable bonds is 4. The summed E-state index contributed by atoms with van der Waals surface area (Å²) in [6.07, 6.45) is 5.13. The van der Waals surface area contributed by atoms with E-state index in [-0.39, 0.29) is 11.9 Å². The first-order valence-electron chi connectivity index (χ1n) is 10.9. The number of likely N-dealkylation sites (tertiary alicyclic amines) is 1. The van der Waals surface area contributed by atoms with Gasteiger partial charge in [-0.2, -0.15) is 0 Å². The predicted molar refractivity (Wildman–Crippen MR) is 119 cm³/mol. The average molecular weight is 440 g/mol. The Kier molecular flexibility index (Phi) is 5.30. The SMILES string of the molecule is Cc1noc(C)c1CCC(=O)N1CCC2CCN(c3cnc4cc(Cl)ccc4n3)CC21. The fraction of sp³-hybridized carbons (Fsp3) is 0.478. The van der Waals surface area contributed by atoms with Gasteiger partial charge < -0.3 is 14.3 Å². The van der Waals surface area contributed by atoms with Crippen LogP contribution in [0.1, 0.15) is 36.3 Å². The Bertz CT molecular complexity index is 1110. The van der Waals surface area contributed by atoms with E-state index in [1.165, 1.54) is 0 Å². The molecule has 5 rings (SSSR count). The Morgan fingerprint density at radius 1 is 1.23 bits per heavy atom. The first kappa shape index (κ1) is 20.2. The molecule has 2 aliphatic rings. The highest BCUT2D eigenvalue weighted by molar-refractivity contribution is 6.31. The summed E-state index contributed by atoms with van der Waals surface area (Å²) in [6, 6.07) is 5.80. The van der Waals surface area contributed by atoms with E-state index in [2.05, 4.69) is 19.9 Å². The molecular formula is C23H26ClN5O2. The molecule has 2 fully saturated rings. The molecule has 2 aliphatic heterocycles. The van der Waals surface area contributed by atoms with Crippen molar-refractivity contribution in [3.8, 4) is 0 Å². The van der Waals surface area contributed by atoms with Crippen molar-refractivity contribution in [3.63, 3.8) is 0 Å². The molecular weight excluding hydrogens is 414 g/mol. The molecule has 0 aliphatic carbocycles. The van der Waals surface area contributed by atoms with Gasteiger partial charge in [0.1, 0.15) is 11.6 Å². The van der Waals surface area contributed by atoms with Gasteiger partial charge in [0.15, 0.2) is 0 Å². The van der Waals surface area contributed by atoms with Crippen molar-refractivity contribution in [2.45, 2.75) is 45.6 Å². The average Bonchev–Trinajstić information content (AvgIpc) is 3.34. The van der Waals surface area contributed by atoms with Gasteiger partial charge in [-0.3, -0.25) is 9.78 Å². The van der Waals surface area contributed by atoms with E-state index in [1.807, 2.05) is 38.2 Å². The molecule has 2 saturated heterocycles. The fourth-order valence-corrected chi connectivity index (χ4v) is 5.19. The Labute approximate surface area is 186 Å². The van der Waals surface area contributed by atoms with Crippen LogP contribution in [0.2, 0.25) is 5.02 Å². The lowest BCUT2D eigenvalue weighted by molar-refractivity contribution is -0.132. The third kappa shape index (κ3) is 3.87. The molecule has 8 heteroatoms. The zero-order chi connectivity index (χ0) is 21.5. The van der Waals surface area contributed by atoms with Gasteiger partial charge in [-0.1, -0.05) is 16.8 Å². The molecule has 7 nitrogen and oxygen atoms in total. The highest BCUT2D eigenvalue weighted by Crippen LogP contribution is 2.34. The molecule has 2 atom stereocenters. The minimum Gasteiger partial charge on any atom is -0.361 e. The van der Waals surface area contributed by atoms with Gasteiger partial charge in [0, 0.05) is 36.6 Å². The predicted octanol–water partition coefficient (Wildman–Crippen LogP) is 3.95. The Balaban J connectivity index is 1.29. The molecule has 0 N–H and O–H groups in total. The molecule has 0 bridgehead atoms. The van der Waals surface area contributed by atoms with Crippen molar-refractivity contribution in [3.05, 3.63) is 46.4 Å². The molecule has 31 heavy (non-hydrogen) atoms. The van der Waals surface area contributed by atoms with Crippen LogP contribution in [0.5, 0.6) is 0 Å². The summed E-state index contributed by atoms with van der Waals surface area (Å²) >= 11 is 6.06. The number of fused-ring (bicyclic) bond motifs is 2. The van der Waals surface area contributed by atoms with E-state index >= 15 is 0 Å². The second-order valence-electron chi connectivity index (χ2n) is 8.60. The molecule has 0 saturated carbocycles. The molecule has 0 radical (unpaired) electrons. The number of piperidine rings is 1. The molecule has 162 valence electrons. The van der Waals surface area contributed by atoms with E-state index in [0.717, 1.165) is 66.3 Å². The summed E-state index contributed by atoms with van der Waals surface area (Å²) in [5, 5.41) is 4.66. The summed E-state index contributed by atoms with van der Waals surface area (Å²) in [5.74, 6) is 2.45. The van der Waals surface area contributed by atoms with Gasteiger partial charge in [0.05, 0.1) is 29.0 Å². The zero-order valence-corrected chi connectivity index (χ0v) is 18.6. The third-order valence-electron chi connectivity index (χ3n) is 6.77. The summed E-state index contributed by atoms with van der Waals surface area (Å²) < 4.78 is 5.24. The first-order chi connectivity index (χ1) is 15.0. The highest BCUT2D eigenvalue weighted by atomic mass is 35.5. The van der Waals surface area contributed by atoms with Gasteiger partial charge in [-0.15, -0.1) is 0 Å². The molecule has 3 aromatic rings. The normalized spacial score (nSPS) is 21.0. The summed E-state index contributed by atoms with van der Waals surface area (Å²) in [7, 11) is 0. The van der Waals surface area contributed by atoms with Crippen molar-refractivity contribution in [2.75, 3.05) is 24.5 Å². The van der Waals surface area contributed by atoms with Crippen LogP contribution in [0.4, 0.5) is 5.82 Å². The number of aromatic nitrogens is 3. The van der Waals surface area contributed by atoms with Crippen LogP contribution in [0.25, 0.3) is 11.0 Å². The molecule has 4 heterocycles. The van der Waals surface area contributed by atoms with Crippen LogP contribution >= 0.6 is 11.6 Å². The fourth-order valence-electron chi connectivity index (χ4n) is 5.02. The standard InChI is InChI=1S/C23H26ClN5O2/c1-14-18(15(2)31-27-14)4-6-23(30)29-10-8-16-7-9-28(13-21(16)29)22-12-25-20-11-17(24)3-5-19(20)26-22/h3,5,11-12,16,21H,4,6-10,13H2,1-2H3. The van der Waals surface area contributed by atoms with Gasteiger partial charge in [0.2, 0.25) is 5.91 Å². The van der Waals surface area contributed by atoms with E-state index < -0.39 is 0 Å². The molecule has 1 aromatic carbocycles. The van der Waals surface area contributed by atoms with Crippen molar-refractivity contribution in [1.29, 1.82) is 0 Å². The quantitative estimate of drug-likeness (QED) is 0.612. The van der Waals surface area contributed by atoms with Crippen molar-refractivity contribution < 1.29 is 9.32 Å². The topological polar surface area (TPSA) is 75.4 Å². The minimum atomic E-state index is 0.216.